The minimum Gasteiger partial charge on any atom is -0.327 e. The van der Waals surface area contributed by atoms with Gasteiger partial charge in [-0.2, -0.15) is 0 Å². The highest BCUT2D eigenvalue weighted by Gasteiger charge is 2.11. The summed E-state index contributed by atoms with van der Waals surface area (Å²) in [6, 6.07) is 6.33. The molecule has 0 bridgehead atoms. The van der Waals surface area contributed by atoms with Gasteiger partial charge in [0, 0.05) is 35.9 Å². The van der Waals surface area contributed by atoms with E-state index in [9.17, 15) is 0 Å². The number of benzene rings is 1. The zero-order valence-corrected chi connectivity index (χ0v) is 14.5. The molecule has 0 saturated heterocycles. The van der Waals surface area contributed by atoms with Gasteiger partial charge >= 0.3 is 0 Å². The first kappa shape index (κ1) is 14.8. The van der Waals surface area contributed by atoms with E-state index in [-0.39, 0.29) is 0 Å². The number of aromatic nitrogens is 5. The molecule has 2 aromatic heterocycles. The van der Waals surface area contributed by atoms with Crippen LogP contribution in [0.4, 0.5) is 0 Å². The van der Waals surface area contributed by atoms with Gasteiger partial charge in [0.15, 0.2) is 0 Å². The van der Waals surface area contributed by atoms with Crippen LogP contribution in [0.3, 0.4) is 0 Å². The zero-order valence-electron chi connectivity index (χ0n) is 11.6. The Labute approximate surface area is 141 Å². The second-order valence-corrected chi connectivity index (χ2v) is 6.48. The van der Waals surface area contributed by atoms with E-state index < -0.39 is 0 Å². The summed E-state index contributed by atoms with van der Waals surface area (Å²) >= 11 is 8.22. The predicted octanol–water partition coefficient (Wildman–Crippen LogP) is 2.79. The number of imidazole rings is 1. The molecule has 0 aliphatic heterocycles. The predicted molar refractivity (Wildman–Crippen MR) is 91.6 cm³/mol. The number of hydrogen-bond donors (Lipinski definition) is 0. The van der Waals surface area contributed by atoms with Gasteiger partial charge in [0.1, 0.15) is 18.0 Å². The highest BCUT2D eigenvalue weighted by molar-refractivity contribution is 14.1. The van der Waals surface area contributed by atoms with E-state index in [4.69, 9.17) is 16.6 Å². The van der Waals surface area contributed by atoms with E-state index in [1.54, 1.807) is 6.33 Å². The number of halogens is 2. The molecular formula is C14H15ClIN5. The lowest BCUT2D eigenvalue weighted by atomic mass is 10.3. The Morgan fingerprint density at radius 1 is 1.24 bits per heavy atom. The van der Waals surface area contributed by atoms with Crippen molar-refractivity contribution in [3.8, 4) is 0 Å². The van der Waals surface area contributed by atoms with Gasteiger partial charge in [-0.05, 0) is 40.8 Å². The molecule has 110 valence electrons. The Bertz CT molecular complexity index is 764. The zero-order chi connectivity index (χ0) is 14.8. The molecule has 5 nitrogen and oxygen atoms in total. The van der Waals surface area contributed by atoms with Crippen molar-refractivity contribution in [2.45, 2.75) is 19.4 Å². The number of alkyl halides is 1. The maximum absolute atomic E-state index is 5.91. The molecule has 0 atom stereocenters. The first-order valence-electron chi connectivity index (χ1n) is 6.72. The Hall–Kier alpha value is -1.15. The molecule has 3 aromatic rings. The van der Waals surface area contributed by atoms with Gasteiger partial charge in [-0.15, -0.1) is 21.8 Å². The summed E-state index contributed by atoms with van der Waals surface area (Å²) in [6.45, 7) is 0.829. The number of aryl methyl sites for hydroxylation is 4. The first-order chi connectivity index (χ1) is 10.2. The molecule has 0 spiro atoms. The van der Waals surface area contributed by atoms with E-state index in [0.717, 1.165) is 42.1 Å². The van der Waals surface area contributed by atoms with Gasteiger partial charge in [0.05, 0.1) is 11.0 Å². The van der Waals surface area contributed by atoms with Crippen LogP contribution < -0.4 is 0 Å². The topological polar surface area (TPSA) is 48.5 Å². The summed E-state index contributed by atoms with van der Waals surface area (Å²) in [4.78, 5) is 4.72. The summed E-state index contributed by atoms with van der Waals surface area (Å²) in [5, 5.41) is 8.06. The molecule has 21 heavy (non-hydrogen) atoms. The number of nitrogens with zero attached hydrogens (tertiary/aromatic N) is 5. The van der Waals surface area contributed by atoms with Crippen molar-refractivity contribution < 1.29 is 0 Å². The van der Waals surface area contributed by atoms with Crippen molar-refractivity contribution in [1.29, 1.82) is 0 Å². The molecule has 0 unspecified atom stereocenters. The third-order valence-electron chi connectivity index (χ3n) is 3.47. The van der Waals surface area contributed by atoms with E-state index in [1.165, 1.54) is 3.57 Å². The highest BCUT2D eigenvalue weighted by atomic mass is 127. The lowest BCUT2D eigenvalue weighted by Crippen LogP contribution is -2.09. The van der Waals surface area contributed by atoms with E-state index in [2.05, 4.69) is 55.6 Å². The van der Waals surface area contributed by atoms with E-state index in [1.807, 2.05) is 11.6 Å². The minimum absolute atomic E-state index is 0.574. The van der Waals surface area contributed by atoms with E-state index >= 15 is 0 Å². The molecule has 0 fully saturated rings. The van der Waals surface area contributed by atoms with Crippen LogP contribution in [0, 0.1) is 3.57 Å². The number of hydrogen-bond acceptors (Lipinski definition) is 3. The number of fused-ring (bicyclic) bond motifs is 1. The van der Waals surface area contributed by atoms with Gasteiger partial charge < -0.3 is 9.13 Å². The van der Waals surface area contributed by atoms with Crippen LogP contribution in [0.1, 0.15) is 11.6 Å². The van der Waals surface area contributed by atoms with Crippen LogP contribution in [0.15, 0.2) is 24.5 Å². The average Bonchev–Trinajstić information content (AvgIpc) is 3.00. The van der Waals surface area contributed by atoms with Crippen molar-refractivity contribution in [3.63, 3.8) is 0 Å². The molecule has 0 N–H and O–H groups in total. The molecule has 0 aliphatic rings. The van der Waals surface area contributed by atoms with Crippen molar-refractivity contribution in [2.75, 3.05) is 5.88 Å². The molecule has 0 saturated carbocycles. The van der Waals surface area contributed by atoms with Crippen LogP contribution in [-0.4, -0.2) is 30.2 Å². The molecule has 0 radical (unpaired) electrons. The Morgan fingerprint density at radius 2 is 2.10 bits per heavy atom. The highest BCUT2D eigenvalue weighted by Crippen LogP contribution is 2.20. The van der Waals surface area contributed by atoms with Gasteiger partial charge in [0.2, 0.25) is 0 Å². The van der Waals surface area contributed by atoms with Gasteiger partial charge in [0.25, 0.3) is 0 Å². The summed E-state index contributed by atoms with van der Waals surface area (Å²) in [5.74, 6) is 2.58. The molecule has 0 amide bonds. The van der Waals surface area contributed by atoms with Crippen molar-refractivity contribution in [2.24, 2.45) is 7.05 Å². The standard InChI is InChI=1S/C14H15ClIN5/c1-20-9-17-19-14(20)5-7-21-12-3-2-10(16)8-11(12)18-13(21)4-6-15/h2-3,8-9H,4-7H2,1H3. The van der Waals surface area contributed by atoms with Crippen molar-refractivity contribution >= 4 is 45.2 Å². The maximum atomic E-state index is 5.91. The van der Waals surface area contributed by atoms with Crippen LogP contribution >= 0.6 is 34.2 Å². The molecule has 7 heteroatoms. The van der Waals surface area contributed by atoms with E-state index in [0.29, 0.717) is 5.88 Å². The van der Waals surface area contributed by atoms with Crippen LogP contribution in [0.25, 0.3) is 11.0 Å². The van der Waals surface area contributed by atoms with Crippen molar-refractivity contribution in [3.05, 3.63) is 39.7 Å². The summed E-state index contributed by atoms with van der Waals surface area (Å²) in [6.07, 6.45) is 3.32. The molecule has 0 aliphatic carbocycles. The summed E-state index contributed by atoms with van der Waals surface area (Å²) < 4.78 is 5.38. The smallest absolute Gasteiger partial charge is 0.134 e. The minimum atomic E-state index is 0.574. The quantitative estimate of drug-likeness (QED) is 0.476. The molecule has 1 aromatic carbocycles. The Morgan fingerprint density at radius 3 is 2.81 bits per heavy atom. The second-order valence-electron chi connectivity index (χ2n) is 4.86. The van der Waals surface area contributed by atoms with Crippen LogP contribution in [0.5, 0.6) is 0 Å². The third kappa shape index (κ3) is 3.06. The van der Waals surface area contributed by atoms with Gasteiger partial charge in [-0.1, -0.05) is 0 Å². The Balaban J connectivity index is 1.95. The molecule has 3 rings (SSSR count). The first-order valence-corrected chi connectivity index (χ1v) is 8.34. The number of rotatable bonds is 5. The third-order valence-corrected chi connectivity index (χ3v) is 4.33. The monoisotopic (exact) mass is 415 g/mol. The van der Waals surface area contributed by atoms with Crippen molar-refractivity contribution in [1.82, 2.24) is 24.3 Å². The lowest BCUT2D eigenvalue weighted by Gasteiger charge is -2.08. The Kier molecular flexibility index (Phi) is 4.44. The van der Waals surface area contributed by atoms with Gasteiger partial charge in [-0.25, -0.2) is 4.98 Å². The average molecular weight is 416 g/mol. The largest absolute Gasteiger partial charge is 0.327 e. The fraction of sp³-hybridized carbons (Fsp3) is 0.357. The van der Waals surface area contributed by atoms with Gasteiger partial charge in [-0.3, -0.25) is 0 Å². The fourth-order valence-corrected chi connectivity index (χ4v) is 3.07. The second kappa shape index (κ2) is 6.31. The lowest BCUT2D eigenvalue weighted by molar-refractivity contribution is 0.637. The molecular weight excluding hydrogens is 401 g/mol. The maximum Gasteiger partial charge on any atom is 0.134 e. The summed E-state index contributed by atoms with van der Waals surface area (Å²) in [5.41, 5.74) is 2.18. The molecule has 2 heterocycles. The normalized spacial score (nSPS) is 11.4. The van der Waals surface area contributed by atoms with Crippen LogP contribution in [-0.2, 0) is 26.4 Å². The van der Waals surface area contributed by atoms with Crippen LogP contribution in [0.2, 0.25) is 0 Å². The fourth-order valence-electron chi connectivity index (χ4n) is 2.42. The summed E-state index contributed by atoms with van der Waals surface area (Å²) in [7, 11) is 1.96. The SMILES string of the molecule is Cn1cnnc1CCn1c(CCCl)nc2cc(I)ccc21.